The lowest BCUT2D eigenvalue weighted by molar-refractivity contribution is -0.137. The summed E-state index contributed by atoms with van der Waals surface area (Å²) in [5.74, 6) is -2.72. The maximum Gasteiger partial charge on any atom is 0.328 e. The van der Waals surface area contributed by atoms with Crippen molar-refractivity contribution in [1.82, 2.24) is 10.6 Å². The highest BCUT2D eigenvalue weighted by molar-refractivity contribution is 8.13. The Morgan fingerprint density at radius 2 is 1.71 bits per heavy atom. The number of hydrogen-bond donors (Lipinski definition) is 5. The third-order valence-electron chi connectivity index (χ3n) is 3.47. The number of thioether (sulfide) groups is 1. The molecule has 11 heteroatoms. The van der Waals surface area contributed by atoms with Crippen molar-refractivity contribution in [1.29, 1.82) is 0 Å². The Hall–Kier alpha value is -2.24. The maximum absolute atomic E-state index is 11.7. The Bertz CT molecular complexity index is 618. The van der Waals surface area contributed by atoms with Crippen LogP contribution in [0.5, 0.6) is 0 Å². The van der Waals surface area contributed by atoms with Gasteiger partial charge in [-0.3, -0.25) is 19.2 Å². The van der Waals surface area contributed by atoms with Crippen molar-refractivity contribution in [3.8, 4) is 0 Å². The second-order valence-corrected chi connectivity index (χ2v) is 7.63. The molecule has 0 aliphatic heterocycles. The van der Waals surface area contributed by atoms with Gasteiger partial charge in [-0.1, -0.05) is 25.6 Å². The van der Waals surface area contributed by atoms with E-state index in [2.05, 4.69) is 10.6 Å². The van der Waals surface area contributed by atoms with Crippen molar-refractivity contribution >= 4 is 40.4 Å². The number of rotatable bonds is 13. The molecule has 0 aromatic heterocycles. The van der Waals surface area contributed by atoms with E-state index < -0.39 is 40.7 Å². The fourth-order valence-electron chi connectivity index (χ4n) is 1.70. The summed E-state index contributed by atoms with van der Waals surface area (Å²) in [6.45, 7) is 2.85. The third-order valence-corrected chi connectivity index (χ3v) is 4.34. The van der Waals surface area contributed by atoms with Gasteiger partial charge in [-0.25, -0.2) is 4.79 Å². The van der Waals surface area contributed by atoms with E-state index in [1.54, 1.807) is 0 Å². The van der Waals surface area contributed by atoms with Crippen molar-refractivity contribution in [3.63, 3.8) is 0 Å². The summed E-state index contributed by atoms with van der Waals surface area (Å²) in [6.07, 6.45) is -0.398. The smallest absolute Gasteiger partial charge is 0.328 e. The molecule has 0 spiro atoms. The molecule has 0 saturated carbocycles. The average molecular weight is 418 g/mol. The average Bonchev–Trinajstić information content (AvgIpc) is 2.62. The van der Waals surface area contributed by atoms with Crippen LogP contribution < -0.4 is 10.6 Å². The summed E-state index contributed by atoms with van der Waals surface area (Å²) in [7, 11) is 0. The van der Waals surface area contributed by atoms with E-state index in [-0.39, 0.29) is 37.8 Å². The largest absolute Gasteiger partial charge is 0.478 e. The number of allylic oxidation sites excluding steroid dienone is 1. The molecule has 0 fully saturated rings. The number of ketones is 1. The molecular formula is C17H26N2O8S. The molecule has 158 valence electrons. The number of aliphatic hydroxyl groups is 2. The van der Waals surface area contributed by atoms with Gasteiger partial charge in [0.1, 0.15) is 6.10 Å². The molecule has 0 aliphatic rings. The Balaban J connectivity index is 3.94. The first-order chi connectivity index (χ1) is 13.0. The lowest BCUT2D eigenvalue weighted by atomic mass is 9.87. The highest BCUT2D eigenvalue weighted by Gasteiger charge is 2.32. The van der Waals surface area contributed by atoms with Gasteiger partial charge < -0.3 is 26.0 Å². The molecule has 2 amide bonds. The Kier molecular flexibility index (Phi) is 12.0. The molecule has 0 aromatic rings. The van der Waals surface area contributed by atoms with Crippen LogP contribution in [0.25, 0.3) is 0 Å². The summed E-state index contributed by atoms with van der Waals surface area (Å²) in [4.78, 5) is 56.4. The first-order valence-electron chi connectivity index (χ1n) is 8.42. The summed E-state index contributed by atoms with van der Waals surface area (Å²) in [5.41, 5.74) is -0.999. The molecule has 10 nitrogen and oxygen atoms in total. The monoisotopic (exact) mass is 418 g/mol. The van der Waals surface area contributed by atoms with Gasteiger partial charge in [-0.05, 0) is 6.08 Å². The number of aliphatic carboxylic acids is 1. The van der Waals surface area contributed by atoms with Gasteiger partial charge in [-0.15, -0.1) is 0 Å². The van der Waals surface area contributed by atoms with Gasteiger partial charge in [0.05, 0.1) is 13.0 Å². The Morgan fingerprint density at radius 1 is 1.07 bits per heavy atom. The van der Waals surface area contributed by atoms with Gasteiger partial charge in [0, 0.05) is 36.8 Å². The van der Waals surface area contributed by atoms with E-state index >= 15 is 0 Å². The number of hydrogen-bond acceptors (Lipinski definition) is 8. The number of aliphatic hydroxyl groups excluding tert-OH is 2. The Morgan fingerprint density at radius 3 is 2.29 bits per heavy atom. The molecule has 0 unspecified atom stereocenters. The van der Waals surface area contributed by atoms with Crippen molar-refractivity contribution in [2.75, 3.05) is 25.4 Å². The number of amides is 2. The number of carboxylic acids is 1. The molecule has 0 rings (SSSR count). The first-order valence-corrected chi connectivity index (χ1v) is 9.41. The molecular weight excluding hydrogens is 392 g/mol. The molecule has 0 saturated heterocycles. The highest BCUT2D eigenvalue weighted by Crippen LogP contribution is 2.19. The van der Waals surface area contributed by atoms with Crippen LogP contribution >= 0.6 is 11.8 Å². The van der Waals surface area contributed by atoms with Crippen LogP contribution in [-0.4, -0.2) is 75.6 Å². The number of nitrogens with one attached hydrogen (secondary N) is 2. The van der Waals surface area contributed by atoms with E-state index in [9.17, 15) is 29.1 Å². The van der Waals surface area contributed by atoms with Crippen LogP contribution in [0.1, 0.15) is 26.7 Å². The predicted octanol–water partition coefficient (Wildman–Crippen LogP) is -1.15. The zero-order chi connectivity index (χ0) is 21.7. The van der Waals surface area contributed by atoms with Gasteiger partial charge in [0.15, 0.2) is 10.9 Å². The first kappa shape index (κ1) is 25.8. The third kappa shape index (κ3) is 11.5. The zero-order valence-electron chi connectivity index (χ0n) is 15.8. The standard InChI is InChI=1S/C17H26N2O8S/c1-17(2,10-20)15(26)16(27)19-6-5-12(22)18-7-8-28-14(25)9-11(21)3-4-13(23)24/h3-4,15,20,26H,5-10H2,1-2H3,(H,18,22)(H,19,27)(H,23,24)/b4-3+/t15-/m0/s1. The van der Waals surface area contributed by atoms with Crippen LogP contribution in [0.3, 0.4) is 0 Å². The molecule has 0 heterocycles. The fraction of sp³-hybridized carbons (Fsp3) is 0.588. The van der Waals surface area contributed by atoms with Gasteiger partial charge in [0.25, 0.3) is 0 Å². The van der Waals surface area contributed by atoms with E-state index in [0.717, 1.165) is 17.8 Å². The van der Waals surface area contributed by atoms with E-state index in [1.807, 2.05) is 0 Å². The van der Waals surface area contributed by atoms with Gasteiger partial charge in [-0.2, -0.15) is 0 Å². The fourth-order valence-corrected chi connectivity index (χ4v) is 2.37. The molecule has 0 radical (unpaired) electrons. The summed E-state index contributed by atoms with van der Waals surface area (Å²) in [6, 6.07) is 0. The topological polar surface area (TPSA) is 170 Å². The van der Waals surface area contributed by atoms with Gasteiger partial charge in [0.2, 0.25) is 11.8 Å². The second kappa shape index (κ2) is 13.0. The quantitative estimate of drug-likeness (QED) is 0.141. The van der Waals surface area contributed by atoms with Crippen molar-refractivity contribution in [3.05, 3.63) is 12.2 Å². The second-order valence-electron chi connectivity index (χ2n) is 6.48. The molecule has 0 aliphatic carbocycles. The van der Waals surface area contributed by atoms with E-state index in [1.165, 1.54) is 13.8 Å². The molecule has 1 atom stereocenters. The number of carboxylic acid groups (broad SMARTS) is 1. The van der Waals surface area contributed by atoms with Crippen LogP contribution in [0, 0.1) is 5.41 Å². The van der Waals surface area contributed by atoms with E-state index in [0.29, 0.717) is 6.08 Å². The maximum atomic E-state index is 11.7. The normalized spacial score (nSPS) is 12.4. The summed E-state index contributed by atoms with van der Waals surface area (Å²) in [5, 5.41) is 31.8. The van der Waals surface area contributed by atoms with Crippen LogP contribution in [0.2, 0.25) is 0 Å². The molecule has 5 N–H and O–H groups in total. The van der Waals surface area contributed by atoms with Crippen LogP contribution in [0.15, 0.2) is 12.2 Å². The van der Waals surface area contributed by atoms with Crippen molar-refractivity contribution in [2.24, 2.45) is 5.41 Å². The predicted molar refractivity (Wildman–Crippen MR) is 101 cm³/mol. The Labute approximate surface area is 166 Å². The number of carbonyl (C=O) groups excluding carboxylic acids is 4. The summed E-state index contributed by atoms with van der Waals surface area (Å²) >= 11 is 0.837. The van der Waals surface area contributed by atoms with Crippen LogP contribution in [0.4, 0.5) is 0 Å². The minimum atomic E-state index is -1.41. The minimum Gasteiger partial charge on any atom is -0.478 e. The lowest BCUT2D eigenvalue weighted by Gasteiger charge is -2.27. The minimum absolute atomic E-state index is 0.000275. The lowest BCUT2D eigenvalue weighted by Crippen LogP contribution is -2.46. The van der Waals surface area contributed by atoms with Crippen molar-refractivity contribution in [2.45, 2.75) is 32.8 Å². The molecule has 28 heavy (non-hydrogen) atoms. The summed E-state index contributed by atoms with van der Waals surface area (Å²) < 4.78 is 0. The molecule has 0 aromatic carbocycles. The number of carbonyl (C=O) groups is 5. The van der Waals surface area contributed by atoms with Gasteiger partial charge >= 0.3 is 5.97 Å². The molecule has 0 bridgehead atoms. The van der Waals surface area contributed by atoms with E-state index in [4.69, 9.17) is 10.2 Å². The SMILES string of the molecule is CC(C)(CO)[C@@H](O)C(=O)NCCC(=O)NCCSC(=O)CC(=O)/C=C/C(=O)O. The zero-order valence-corrected chi connectivity index (χ0v) is 16.6. The van der Waals surface area contributed by atoms with Crippen molar-refractivity contribution < 1.29 is 39.3 Å². The van der Waals surface area contributed by atoms with Crippen LogP contribution in [-0.2, 0) is 24.0 Å². The highest BCUT2D eigenvalue weighted by atomic mass is 32.2.